The molecule has 0 radical (unpaired) electrons. The van der Waals surface area contributed by atoms with Crippen LogP contribution in [0.5, 0.6) is 5.75 Å². The van der Waals surface area contributed by atoms with Crippen molar-refractivity contribution in [1.82, 2.24) is 10.2 Å². The molecule has 4 nitrogen and oxygen atoms in total. The Bertz CT molecular complexity index is 432. The third kappa shape index (κ3) is 7.36. The SMILES string of the molecule is C=CCN=C(NCC)N(C)Cc1ccc(OCC)cc1.I. The smallest absolute Gasteiger partial charge is 0.194 e. The summed E-state index contributed by atoms with van der Waals surface area (Å²) in [6, 6.07) is 8.16. The van der Waals surface area contributed by atoms with Crippen molar-refractivity contribution in [3.05, 3.63) is 42.5 Å². The summed E-state index contributed by atoms with van der Waals surface area (Å²) in [5, 5.41) is 3.27. The van der Waals surface area contributed by atoms with Crippen LogP contribution in [0.25, 0.3) is 0 Å². The average molecular weight is 403 g/mol. The van der Waals surface area contributed by atoms with Gasteiger partial charge in [0, 0.05) is 20.1 Å². The van der Waals surface area contributed by atoms with Crippen molar-refractivity contribution in [3.8, 4) is 5.75 Å². The summed E-state index contributed by atoms with van der Waals surface area (Å²) in [6.45, 7) is 10.7. The first-order valence-electron chi connectivity index (χ1n) is 7.03. The normalized spacial score (nSPS) is 10.5. The highest BCUT2D eigenvalue weighted by Crippen LogP contribution is 2.13. The molecule has 0 bridgehead atoms. The van der Waals surface area contributed by atoms with E-state index in [4.69, 9.17) is 4.74 Å². The van der Waals surface area contributed by atoms with E-state index in [1.807, 2.05) is 26.1 Å². The first-order chi connectivity index (χ1) is 9.71. The maximum Gasteiger partial charge on any atom is 0.194 e. The van der Waals surface area contributed by atoms with Crippen LogP contribution in [0.3, 0.4) is 0 Å². The van der Waals surface area contributed by atoms with Crippen LogP contribution in [0.15, 0.2) is 41.9 Å². The van der Waals surface area contributed by atoms with Crippen molar-refractivity contribution < 1.29 is 4.74 Å². The highest BCUT2D eigenvalue weighted by Gasteiger charge is 2.06. The minimum Gasteiger partial charge on any atom is -0.494 e. The van der Waals surface area contributed by atoms with Crippen molar-refractivity contribution in [2.75, 3.05) is 26.7 Å². The fraction of sp³-hybridized carbons (Fsp3) is 0.438. The van der Waals surface area contributed by atoms with Gasteiger partial charge in [0.15, 0.2) is 5.96 Å². The molecule has 21 heavy (non-hydrogen) atoms. The molecule has 1 aromatic carbocycles. The summed E-state index contributed by atoms with van der Waals surface area (Å²) >= 11 is 0. The standard InChI is InChI=1S/C16H25N3O.HI/c1-5-12-18-16(17-6-2)19(4)13-14-8-10-15(11-9-14)20-7-3;/h5,8-11H,1,6-7,12-13H2,2-4H3,(H,17,18);1H. The number of nitrogens with one attached hydrogen (secondary N) is 1. The number of ether oxygens (including phenoxy) is 1. The van der Waals surface area contributed by atoms with Gasteiger partial charge in [-0.3, -0.25) is 0 Å². The molecule has 0 saturated carbocycles. The molecule has 0 atom stereocenters. The molecule has 0 heterocycles. The van der Waals surface area contributed by atoms with Gasteiger partial charge in [0.1, 0.15) is 5.75 Å². The summed E-state index contributed by atoms with van der Waals surface area (Å²) in [5.41, 5.74) is 1.22. The first kappa shape index (κ1) is 19.8. The lowest BCUT2D eigenvalue weighted by Gasteiger charge is -2.22. The van der Waals surface area contributed by atoms with Crippen molar-refractivity contribution in [2.45, 2.75) is 20.4 Å². The molecule has 0 spiro atoms. The Kier molecular flexibility index (Phi) is 10.7. The van der Waals surface area contributed by atoms with Gasteiger partial charge in [0.2, 0.25) is 0 Å². The van der Waals surface area contributed by atoms with E-state index in [0.29, 0.717) is 13.2 Å². The van der Waals surface area contributed by atoms with E-state index < -0.39 is 0 Å². The van der Waals surface area contributed by atoms with Gasteiger partial charge in [-0.2, -0.15) is 0 Å². The molecule has 0 saturated heterocycles. The lowest BCUT2D eigenvalue weighted by atomic mass is 10.2. The van der Waals surface area contributed by atoms with Gasteiger partial charge in [-0.1, -0.05) is 18.2 Å². The largest absolute Gasteiger partial charge is 0.494 e. The summed E-state index contributed by atoms with van der Waals surface area (Å²) in [4.78, 5) is 6.56. The van der Waals surface area contributed by atoms with Gasteiger partial charge in [-0.05, 0) is 31.5 Å². The van der Waals surface area contributed by atoms with Gasteiger partial charge in [-0.15, -0.1) is 30.6 Å². The molecule has 0 aliphatic heterocycles. The third-order valence-corrected chi connectivity index (χ3v) is 2.72. The fourth-order valence-electron chi connectivity index (χ4n) is 1.83. The zero-order valence-corrected chi connectivity index (χ0v) is 15.5. The minimum atomic E-state index is 0. The maximum absolute atomic E-state index is 5.44. The van der Waals surface area contributed by atoms with Gasteiger partial charge >= 0.3 is 0 Å². The second-order valence-corrected chi connectivity index (χ2v) is 4.42. The molecular formula is C16H26IN3O. The Morgan fingerprint density at radius 2 is 2.00 bits per heavy atom. The molecule has 0 aromatic heterocycles. The number of guanidine groups is 1. The van der Waals surface area contributed by atoms with Crippen LogP contribution in [0.4, 0.5) is 0 Å². The number of halogens is 1. The topological polar surface area (TPSA) is 36.9 Å². The first-order valence-corrected chi connectivity index (χ1v) is 7.03. The van der Waals surface area contributed by atoms with Crippen molar-refractivity contribution >= 4 is 29.9 Å². The summed E-state index contributed by atoms with van der Waals surface area (Å²) in [7, 11) is 2.03. The van der Waals surface area contributed by atoms with Crippen LogP contribution in [0.1, 0.15) is 19.4 Å². The number of rotatable bonds is 7. The van der Waals surface area contributed by atoms with E-state index in [1.165, 1.54) is 5.56 Å². The van der Waals surface area contributed by atoms with Gasteiger partial charge in [-0.25, -0.2) is 4.99 Å². The second kappa shape index (κ2) is 11.4. The van der Waals surface area contributed by atoms with Crippen LogP contribution < -0.4 is 10.1 Å². The second-order valence-electron chi connectivity index (χ2n) is 4.42. The number of benzene rings is 1. The van der Waals surface area contributed by atoms with Gasteiger partial charge < -0.3 is 15.0 Å². The molecule has 0 aliphatic carbocycles. The monoisotopic (exact) mass is 403 g/mol. The Balaban J connectivity index is 0.00000400. The molecule has 0 aliphatic rings. The lowest BCUT2D eigenvalue weighted by molar-refractivity contribution is 0.340. The number of nitrogens with zero attached hydrogens (tertiary/aromatic N) is 2. The fourth-order valence-corrected chi connectivity index (χ4v) is 1.83. The number of hydrogen-bond acceptors (Lipinski definition) is 2. The Morgan fingerprint density at radius 1 is 1.33 bits per heavy atom. The molecule has 1 N–H and O–H groups in total. The van der Waals surface area contributed by atoms with Crippen LogP contribution in [0, 0.1) is 0 Å². The van der Waals surface area contributed by atoms with E-state index in [0.717, 1.165) is 24.8 Å². The van der Waals surface area contributed by atoms with E-state index in [2.05, 4.69) is 40.8 Å². The predicted molar refractivity (Wildman–Crippen MR) is 101 cm³/mol. The summed E-state index contributed by atoms with van der Waals surface area (Å²) < 4.78 is 5.44. The van der Waals surface area contributed by atoms with E-state index in [-0.39, 0.29) is 24.0 Å². The van der Waals surface area contributed by atoms with E-state index in [1.54, 1.807) is 6.08 Å². The Hall–Kier alpha value is -1.24. The average Bonchev–Trinajstić information content (AvgIpc) is 2.45. The molecule has 0 fully saturated rings. The van der Waals surface area contributed by atoms with Crippen LogP contribution in [0.2, 0.25) is 0 Å². The quantitative estimate of drug-likeness (QED) is 0.329. The predicted octanol–water partition coefficient (Wildman–Crippen LogP) is 3.29. The third-order valence-electron chi connectivity index (χ3n) is 2.72. The number of aliphatic imine (C=N–C) groups is 1. The molecule has 1 aromatic rings. The summed E-state index contributed by atoms with van der Waals surface area (Å²) in [5.74, 6) is 1.80. The van der Waals surface area contributed by atoms with Gasteiger partial charge in [0.05, 0.1) is 13.2 Å². The molecule has 118 valence electrons. The van der Waals surface area contributed by atoms with E-state index in [9.17, 15) is 0 Å². The van der Waals surface area contributed by atoms with Crippen LogP contribution in [-0.4, -0.2) is 37.6 Å². The minimum absolute atomic E-state index is 0. The van der Waals surface area contributed by atoms with E-state index >= 15 is 0 Å². The van der Waals surface area contributed by atoms with Crippen LogP contribution >= 0.6 is 24.0 Å². The lowest BCUT2D eigenvalue weighted by Crippen LogP contribution is -2.38. The highest BCUT2D eigenvalue weighted by atomic mass is 127. The maximum atomic E-state index is 5.44. The van der Waals surface area contributed by atoms with Crippen molar-refractivity contribution in [3.63, 3.8) is 0 Å². The highest BCUT2D eigenvalue weighted by molar-refractivity contribution is 14.0. The Labute approximate surface area is 145 Å². The number of hydrogen-bond donors (Lipinski definition) is 1. The van der Waals surface area contributed by atoms with Crippen molar-refractivity contribution in [1.29, 1.82) is 0 Å². The zero-order chi connectivity index (χ0) is 14.8. The molecule has 1 rings (SSSR count). The van der Waals surface area contributed by atoms with Crippen molar-refractivity contribution in [2.24, 2.45) is 4.99 Å². The Morgan fingerprint density at radius 3 is 2.52 bits per heavy atom. The summed E-state index contributed by atoms with van der Waals surface area (Å²) in [6.07, 6.45) is 1.79. The molecule has 5 heteroatoms. The van der Waals surface area contributed by atoms with Gasteiger partial charge in [0.25, 0.3) is 0 Å². The molecular weight excluding hydrogens is 377 g/mol. The molecule has 0 amide bonds. The zero-order valence-electron chi connectivity index (χ0n) is 13.1. The van der Waals surface area contributed by atoms with Crippen LogP contribution in [-0.2, 0) is 6.54 Å². The molecule has 0 unspecified atom stereocenters.